The van der Waals surface area contributed by atoms with Gasteiger partial charge < -0.3 is 4.90 Å². The summed E-state index contributed by atoms with van der Waals surface area (Å²) in [5, 5.41) is 0. The monoisotopic (exact) mass is 239 g/mol. The van der Waals surface area contributed by atoms with Crippen LogP contribution in [-0.2, 0) is 0 Å². The minimum Gasteiger partial charge on any atom is -0.309 e. The zero-order valence-corrected chi connectivity index (χ0v) is 12.4. The molecule has 1 nitrogen and oxygen atoms in total. The zero-order chi connectivity index (χ0) is 12.8. The van der Waals surface area contributed by atoms with Gasteiger partial charge in [-0.2, -0.15) is 0 Å². The Morgan fingerprint density at radius 3 is 1.82 bits per heavy atom. The minimum atomic E-state index is 1.21. The summed E-state index contributed by atoms with van der Waals surface area (Å²) in [6.45, 7) is 3.49. The normalized spacial score (nSPS) is 11.8. The molecule has 102 valence electrons. The second-order valence-electron chi connectivity index (χ2n) is 5.33. The van der Waals surface area contributed by atoms with E-state index in [4.69, 9.17) is 0 Å². The Balaban J connectivity index is 3.04. The summed E-state index contributed by atoms with van der Waals surface area (Å²) < 4.78 is 0. The van der Waals surface area contributed by atoms with E-state index >= 15 is 0 Å². The standard InChI is InChI=1S/C16H33N/c1-4-5-6-7-8-9-10-11-12-13-14-15-16-17(2)3/h12-13H,4-11,14-16H2,1-3H3. The second-order valence-corrected chi connectivity index (χ2v) is 5.33. The predicted molar refractivity (Wildman–Crippen MR) is 79.5 cm³/mol. The lowest BCUT2D eigenvalue weighted by atomic mass is 10.1. The molecule has 1 heteroatoms. The van der Waals surface area contributed by atoms with Crippen molar-refractivity contribution in [3.05, 3.63) is 12.2 Å². The van der Waals surface area contributed by atoms with Gasteiger partial charge in [-0.05, 0) is 46.3 Å². The minimum absolute atomic E-state index is 1.21. The summed E-state index contributed by atoms with van der Waals surface area (Å²) in [5.74, 6) is 0. The van der Waals surface area contributed by atoms with Gasteiger partial charge in [-0.15, -0.1) is 0 Å². The fraction of sp³-hybridized carbons (Fsp3) is 0.875. The van der Waals surface area contributed by atoms with Crippen molar-refractivity contribution >= 4 is 0 Å². The van der Waals surface area contributed by atoms with Crippen LogP contribution in [0.5, 0.6) is 0 Å². The summed E-state index contributed by atoms with van der Waals surface area (Å²) in [6, 6.07) is 0. The average molecular weight is 239 g/mol. The molecular weight excluding hydrogens is 206 g/mol. The Hall–Kier alpha value is -0.300. The topological polar surface area (TPSA) is 3.24 Å². The highest BCUT2D eigenvalue weighted by Crippen LogP contribution is 2.08. The number of hydrogen-bond donors (Lipinski definition) is 0. The van der Waals surface area contributed by atoms with Crippen molar-refractivity contribution < 1.29 is 0 Å². The number of allylic oxidation sites excluding steroid dienone is 2. The molecule has 0 spiro atoms. The molecule has 0 heterocycles. The molecule has 0 unspecified atom stereocenters. The van der Waals surface area contributed by atoms with Crippen LogP contribution in [0.3, 0.4) is 0 Å². The molecule has 0 aromatic rings. The Bertz CT molecular complexity index is 161. The van der Waals surface area contributed by atoms with Gasteiger partial charge in [-0.1, -0.05) is 57.6 Å². The molecule has 0 fully saturated rings. The van der Waals surface area contributed by atoms with E-state index in [1.165, 1.54) is 70.8 Å². The molecule has 0 saturated heterocycles. The first-order chi connectivity index (χ1) is 8.27. The molecule has 0 saturated carbocycles. The summed E-state index contributed by atoms with van der Waals surface area (Å²) in [5.41, 5.74) is 0. The van der Waals surface area contributed by atoms with Gasteiger partial charge in [0.2, 0.25) is 0 Å². The average Bonchev–Trinajstić information content (AvgIpc) is 2.30. The van der Waals surface area contributed by atoms with Crippen molar-refractivity contribution in [3.63, 3.8) is 0 Å². The van der Waals surface area contributed by atoms with Crippen molar-refractivity contribution in [3.8, 4) is 0 Å². The SMILES string of the molecule is CCCCCCCCCC=CCCCN(C)C. The Morgan fingerprint density at radius 1 is 0.706 bits per heavy atom. The Morgan fingerprint density at radius 2 is 1.24 bits per heavy atom. The van der Waals surface area contributed by atoms with Crippen LogP contribution < -0.4 is 0 Å². The number of unbranched alkanes of at least 4 members (excludes halogenated alkanes) is 8. The lowest BCUT2D eigenvalue weighted by Gasteiger charge is -2.06. The highest BCUT2D eigenvalue weighted by Gasteiger charge is 1.90. The van der Waals surface area contributed by atoms with Crippen molar-refractivity contribution in [2.75, 3.05) is 20.6 Å². The van der Waals surface area contributed by atoms with Crippen LogP contribution >= 0.6 is 0 Å². The highest BCUT2D eigenvalue weighted by atomic mass is 15.0. The molecule has 0 radical (unpaired) electrons. The van der Waals surface area contributed by atoms with Crippen LogP contribution in [0.4, 0.5) is 0 Å². The van der Waals surface area contributed by atoms with Gasteiger partial charge >= 0.3 is 0 Å². The fourth-order valence-electron chi connectivity index (χ4n) is 1.98. The molecular formula is C16H33N. The molecule has 0 bridgehead atoms. The number of hydrogen-bond acceptors (Lipinski definition) is 1. The first-order valence-electron chi connectivity index (χ1n) is 7.57. The van der Waals surface area contributed by atoms with Gasteiger partial charge in [0, 0.05) is 0 Å². The number of rotatable bonds is 12. The molecule has 0 aromatic carbocycles. The summed E-state index contributed by atoms with van der Waals surface area (Å²) in [7, 11) is 4.28. The smallest absolute Gasteiger partial charge is 0.00219 e. The Labute approximate surface area is 109 Å². The molecule has 0 aliphatic heterocycles. The molecule has 0 N–H and O–H groups in total. The first-order valence-corrected chi connectivity index (χ1v) is 7.57. The molecule has 0 atom stereocenters. The van der Waals surface area contributed by atoms with Crippen LogP contribution in [0.15, 0.2) is 12.2 Å². The van der Waals surface area contributed by atoms with Crippen LogP contribution in [-0.4, -0.2) is 25.5 Å². The molecule has 0 amide bonds. The van der Waals surface area contributed by atoms with E-state index in [0.29, 0.717) is 0 Å². The fourth-order valence-corrected chi connectivity index (χ4v) is 1.98. The molecule has 0 aromatic heterocycles. The molecule has 0 aliphatic carbocycles. The van der Waals surface area contributed by atoms with E-state index < -0.39 is 0 Å². The van der Waals surface area contributed by atoms with Crippen molar-refractivity contribution in [1.82, 2.24) is 4.90 Å². The number of nitrogens with zero attached hydrogens (tertiary/aromatic N) is 1. The lowest BCUT2D eigenvalue weighted by molar-refractivity contribution is 0.402. The third-order valence-corrected chi connectivity index (χ3v) is 3.12. The predicted octanol–water partition coefficient (Wildman–Crippen LogP) is 5.03. The van der Waals surface area contributed by atoms with Gasteiger partial charge in [0.15, 0.2) is 0 Å². The van der Waals surface area contributed by atoms with Crippen molar-refractivity contribution in [2.24, 2.45) is 0 Å². The van der Waals surface area contributed by atoms with E-state index in [9.17, 15) is 0 Å². The molecule has 0 rings (SSSR count). The van der Waals surface area contributed by atoms with E-state index in [2.05, 4.69) is 38.1 Å². The van der Waals surface area contributed by atoms with Crippen molar-refractivity contribution in [2.45, 2.75) is 71.1 Å². The van der Waals surface area contributed by atoms with Gasteiger partial charge in [0.25, 0.3) is 0 Å². The maximum Gasteiger partial charge on any atom is -0.00219 e. The summed E-state index contributed by atoms with van der Waals surface area (Å²) in [4.78, 5) is 2.25. The van der Waals surface area contributed by atoms with Gasteiger partial charge in [-0.25, -0.2) is 0 Å². The summed E-state index contributed by atoms with van der Waals surface area (Å²) in [6.07, 6.45) is 18.5. The first kappa shape index (κ1) is 16.7. The van der Waals surface area contributed by atoms with Gasteiger partial charge in [0.05, 0.1) is 0 Å². The van der Waals surface area contributed by atoms with Crippen LogP contribution in [0.1, 0.15) is 71.1 Å². The zero-order valence-electron chi connectivity index (χ0n) is 12.4. The maximum atomic E-state index is 2.38. The Kier molecular flexibility index (Phi) is 13.5. The molecule has 0 aliphatic rings. The van der Waals surface area contributed by atoms with Crippen molar-refractivity contribution in [1.29, 1.82) is 0 Å². The van der Waals surface area contributed by atoms with Gasteiger partial charge in [0.1, 0.15) is 0 Å². The second kappa shape index (κ2) is 13.8. The molecule has 17 heavy (non-hydrogen) atoms. The largest absolute Gasteiger partial charge is 0.309 e. The van der Waals surface area contributed by atoms with Crippen LogP contribution in [0.2, 0.25) is 0 Å². The van der Waals surface area contributed by atoms with Crippen LogP contribution in [0.25, 0.3) is 0 Å². The third-order valence-electron chi connectivity index (χ3n) is 3.12. The van der Waals surface area contributed by atoms with E-state index in [-0.39, 0.29) is 0 Å². The van der Waals surface area contributed by atoms with E-state index in [1.807, 2.05) is 0 Å². The van der Waals surface area contributed by atoms with E-state index in [0.717, 1.165) is 0 Å². The highest BCUT2D eigenvalue weighted by molar-refractivity contribution is 4.81. The van der Waals surface area contributed by atoms with Crippen LogP contribution in [0, 0.1) is 0 Å². The summed E-state index contributed by atoms with van der Waals surface area (Å²) >= 11 is 0. The third kappa shape index (κ3) is 15.7. The quantitative estimate of drug-likeness (QED) is 0.341. The lowest BCUT2D eigenvalue weighted by Crippen LogP contribution is -2.12. The van der Waals surface area contributed by atoms with E-state index in [1.54, 1.807) is 0 Å². The van der Waals surface area contributed by atoms with Gasteiger partial charge in [-0.3, -0.25) is 0 Å². The maximum absolute atomic E-state index is 2.38.